The van der Waals surface area contributed by atoms with Crippen LogP contribution in [0.3, 0.4) is 0 Å². The van der Waals surface area contributed by atoms with E-state index in [-0.39, 0.29) is 5.75 Å². The first kappa shape index (κ1) is 15.9. The lowest BCUT2D eigenvalue weighted by molar-refractivity contribution is 0.600. The van der Waals surface area contributed by atoms with Crippen LogP contribution in [0.5, 0.6) is 0 Å². The van der Waals surface area contributed by atoms with E-state index >= 15 is 0 Å². The van der Waals surface area contributed by atoms with E-state index in [9.17, 15) is 8.42 Å². The Balaban J connectivity index is 1.57. The third-order valence-electron chi connectivity index (χ3n) is 4.35. The van der Waals surface area contributed by atoms with Crippen molar-refractivity contribution in [2.45, 2.75) is 25.1 Å². The summed E-state index contributed by atoms with van der Waals surface area (Å²) in [6.07, 6.45) is 3.98. The maximum Gasteiger partial charge on any atom is 0.236 e. The van der Waals surface area contributed by atoms with Gasteiger partial charge in [0, 0.05) is 24.2 Å². The lowest BCUT2D eigenvalue weighted by Crippen LogP contribution is -2.15. The van der Waals surface area contributed by atoms with Crippen LogP contribution in [-0.2, 0) is 28.7 Å². The van der Waals surface area contributed by atoms with Crippen molar-refractivity contribution in [2.75, 3.05) is 4.72 Å². The molecule has 0 amide bonds. The highest BCUT2D eigenvalue weighted by Crippen LogP contribution is 2.27. The molecule has 3 aromatic rings. The van der Waals surface area contributed by atoms with E-state index in [2.05, 4.69) is 14.3 Å². The third-order valence-corrected chi connectivity index (χ3v) is 5.61. The Labute approximate surface area is 147 Å². The molecule has 0 bridgehead atoms. The molecule has 1 aliphatic rings. The fraction of sp³-hybridized carbons (Fsp3) is 0.211. The van der Waals surface area contributed by atoms with Crippen molar-refractivity contribution in [2.24, 2.45) is 0 Å². The highest BCUT2D eigenvalue weighted by atomic mass is 32.2. The Morgan fingerprint density at radius 1 is 1.08 bits per heavy atom. The molecule has 128 valence electrons. The van der Waals surface area contributed by atoms with Crippen LogP contribution in [0.4, 0.5) is 5.69 Å². The molecule has 4 rings (SSSR count). The highest BCUT2D eigenvalue weighted by Gasteiger charge is 2.17. The molecule has 5 nitrogen and oxygen atoms in total. The Kier molecular flexibility index (Phi) is 4.05. The van der Waals surface area contributed by atoms with Crippen molar-refractivity contribution >= 4 is 15.7 Å². The Hall–Kier alpha value is -2.60. The van der Waals surface area contributed by atoms with Crippen molar-refractivity contribution in [3.8, 4) is 11.3 Å². The van der Waals surface area contributed by atoms with E-state index < -0.39 is 10.0 Å². The molecule has 0 radical (unpaired) electrons. The topological polar surface area (TPSA) is 64.0 Å². The summed E-state index contributed by atoms with van der Waals surface area (Å²) in [6.45, 7) is 0.967. The van der Waals surface area contributed by atoms with Gasteiger partial charge in [0.1, 0.15) is 5.82 Å². The molecular weight excluding hydrogens is 334 g/mol. The van der Waals surface area contributed by atoms with Gasteiger partial charge in [-0.25, -0.2) is 13.4 Å². The lowest BCUT2D eigenvalue weighted by atomic mass is 10.1. The summed E-state index contributed by atoms with van der Waals surface area (Å²) in [5.41, 5.74) is 3.35. The molecule has 1 aromatic heterocycles. The molecule has 0 saturated carbocycles. The number of nitrogens with zero attached hydrogens (tertiary/aromatic N) is 2. The van der Waals surface area contributed by atoms with Crippen molar-refractivity contribution in [1.82, 2.24) is 9.55 Å². The first-order valence-corrected chi connectivity index (χ1v) is 9.95. The minimum atomic E-state index is -3.46. The molecule has 0 fully saturated rings. The van der Waals surface area contributed by atoms with Gasteiger partial charge in [-0.3, -0.25) is 4.72 Å². The molecular formula is C19H19N3O2S. The summed E-state index contributed by atoms with van der Waals surface area (Å²) in [7, 11) is -3.46. The highest BCUT2D eigenvalue weighted by molar-refractivity contribution is 7.91. The fourth-order valence-electron chi connectivity index (χ4n) is 3.24. The van der Waals surface area contributed by atoms with Crippen molar-refractivity contribution < 1.29 is 8.42 Å². The summed E-state index contributed by atoms with van der Waals surface area (Å²) in [5, 5.41) is 0. The van der Waals surface area contributed by atoms with Gasteiger partial charge < -0.3 is 4.57 Å². The smallest absolute Gasteiger partial charge is 0.236 e. The lowest BCUT2D eigenvalue weighted by Gasteiger charge is -2.10. The molecule has 1 aliphatic heterocycles. The van der Waals surface area contributed by atoms with Crippen LogP contribution in [-0.4, -0.2) is 18.0 Å². The van der Waals surface area contributed by atoms with Crippen LogP contribution in [0, 0.1) is 0 Å². The minimum absolute atomic E-state index is 0.0415. The number of rotatable bonds is 5. The molecule has 6 heteroatoms. The van der Waals surface area contributed by atoms with Gasteiger partial charge in [0.25, 0.3) is 0 Å². The predicted octanol–water partition coefficient (Wildman–Crippen LogP) is 3.44. The number of anilines is 1. The summed E-state index contributed by atoms with van der Waals surface area (Å²) in [6, 6.07) is 16.7. The van der Waals surface area contributed by atoms with Crippen molar-refractivity contribution in [1.29, 1.82) is 0 Å². The Bertz CT molecular complexity index is 995. The second-order valence-electron chi connectivity index (χ2n) is 6.24. The van der Waals surface area contributed by atoms with Gasteiger partial charge in [0.05, 0.1) is 17.6 Å². The summed E-state index contributed by atoms with van der Waals surface area (Å²) < 4.78 is 29.7. The summed E-state index contributed by atoms with van der Waals surface area (Å²) in [5.74, 6) is 1.06. The van der Waals surface area contributed by atoms with E-state index in [1.165, 1.54) is 0 Å². The van der Waals surface area contributed by atoms with Crippen LogP contribution in [0.25, 0.3) is 11.3 Å². The molecule has 0 unspecified atom stereocenters. The van der Waals surface area contributed by atoms with Gasteiger partial charge in [-0.05, 0) is 24.1 Å². The van der Waals surface area contributed by atoms with Gasteiger partial charge in [0.15, 0.2) is 0 Å². The van der Waals surface area contributed by atoms with Crippen LogP contribution in [0.2, 0.25) is 0 Å². The van der Waals surface area contributed by atoms with Crippen LogP contribution in [0.15, 0.2) is 60.8 Å². The molecule has 0 aliphatic carbocycles. The Morgan fingerprint density at radius 2 is 1.92 bits per heavy atom. The van der Waals surface area contributed by atoms with E-state index in [0.717, 1.165) is 42.0 Å². The average molecular weight is 353 g/mol. The molecule has 0 saturated heterocycles. The summed E-state index contributed by atoms with van der Waals surface area (Å²) in [4.78, 5) is 4.46. The number of fused-ring (bicyclic) bond motifs is 1. The second-order valence-corrected chi connectivity index (χ2v) is 7.96. The molecule has 0 spiro atoms. The van der Waals surface area contributed by atoms with Gasteiger partial charge in [-0.15, -0.1) is 0 Å². The number of imidazole rings is 1. The number of benzene rings is 2. The SMILES string of the molecule is O=S(=O)(Cc1ccccc1)Nc1cccc(-c2cnc3n2CCC3)c1. The largest absolute Gasteiger partial charge is 0.328 e. The minimum Gasteiger partial charge on any atom is -0.328 e. The third kappa shape index (κ3) is 3.44. The number of hydrogen-bond donors (Lipinski definition) is 1. The number of nitrogens with one attached hydrogen (secondary N) is 1. The van der Waals surface area contributed by atoms with Gasteiger partial charge in [0.2, 0.25) is 10.0 Å². The van der Waals surface area contributed by atoms with Crippen molar-refractivity contribution in [3.63, 3.8) is 0 Å². The zero-order valence-electron chi connectivity index (χ0n) is 13.7. The molecule has 25 heavy (non-hydrogen) atoms. The van der Waals surface area contributed by atoms with Crippen molar-refractivity contribution in [3.05, 3.63) is 72.2 Å². The van der Waals surface area contributed by atoms with Crippen LogP contribution < -0.4 is 4.72 Å². The number of sulfonamides is 1. The number of aryl methyl sites for hydroxylation is 1. The van der Waals surface area contributed by atoms with Crippen LogP contribution >= 0.6 is 0 Å². The predicted molar refractivity (Wildman–Crippen MR) is 98.7 cm³/mol. The quantitative estimate of drug-likeness (QED) is 0.764. The molecule has 1 N–H and O–H groups in total. The normalized spacial score (nSPS) is 13.6. The monoisotopic (exact) mass is 353 g/mol. The molecule has 2 heterocycles. The van der Waals surface area contributed by atoms with Gasteiger partial charge in [-0.1, -0.05) is 42.5 Å². The maximum absolute atomic E-state index is 12.4. The van der Waals surface area contributed by atoms with Crippen LogP contribution in [0.1, 0.15) is 17.8 Å². The summed E-state index contributed by atoms with van der Waals surface area (Å²) >= 11 is 0. The number of aromatic nitrogens is 2. The van der Waals surface area contributed by atoms with Gasteiger partial charge in [-0.2, -0.15) is 0 Å². The van der Waals surface area contributed by atoms with Gasteiger partial charge >= 0.3 is 0 Å². The fourth-order valence-corrected chi connectivity index (χ4v) is 4.43. The second kappa shape index (κ2) is 6.37. The maximum atomic E-state index is 12.4. The van der Waals surface area contributed by atoms with E-state index in [4.69, 9.17) is 0 Å². The zero-order chi connectivity index (χ0) is 17.3. The average Bonchev–Trinajstić information content (AvgIpc) is 3.18. The standard InChI is InChI=1S/C19H19N3O2S/c23-25(24,14-15-6-2-1-3-7-15)21-17-9-4-8-16(12-17)18-13-20-19-10-5-11-22(18)19/h1-4,6-9,12-13,21H,5,10-11,14H2. The van der Waals surface area contributed by atoms with E-state index in [1.807, 2.05) is 54.7 Å². The number of hydrogen-bond acceptors (Lipinski definition) is 3. The Morgan fingerprint density at radius 3 is 2.76 bits per heavy atom. The van der Waals surface area contributed by atoms with E-state index in [1.54, 1.807) is 6.07 Å². The first-order chi connectivity index (χ1) is 12.1. The molecule has 2 aromatic carbocycles. The first-order valence-electron chi connectivity index (χ1n) is 8.30. The van der Waals surface area contributed by atoms with E-state index in [0.29, 0.717) is 5.69 Å². The molecule has 0 atom stereocenters. The zero-order valence-corrected chi connectivity index (χ0v) is 14.5.